The van der Waals surface area contributed by atoms with Crippen molar-refractivity contribution in [2.24, 2.45) is 0 Å². The van der Waals surface area contributed by atoms with E-state index in [0.717, 1.165) is 0 Å². The molecule has 0 amide bonds. The molecule has 0 saturated heterocycles. The van der Waals surface area contributed by atoms with Gasteiger partial charge in [0, 0.05) is 26.2 Å². The molecule has 2 nitrogen and oxygen atoms in total. The van der Waals surface area contributed by atoms with E-state index >= 15 is 0 Å². The molecule has 0 radical (unpaired) electrons. The third kappa shape index (κ3) is 10.5. The van der Waals surface area contributed by atoms with E-state index in [1.165, 1.54) is 54.1 Å². The molecule has 0 aliphatic heterocycles. The van der Waals surface area contributed by atoms with Crippen molar-refractivity contribution in [2.75, 3.05) is 0 Å². The first-order valence-corrected chi connectivity index (χ1v) is 6.55. The molecule has 3 aromatic rings. The smallest absolute Gasteiger partial charge is 0.123 e. The van der Waals surface area contributed by atoms with Crippen LogP contribution in [0.25, 0.3) is 0 Å². The van der Waals surface area contributed by atoms with E-state index in [-0.39, 0.29) is 49.3 Å². The van der Waals surface area contributed by atoms with Gasteiger partial charge in [0.1, 0.15) is 23.1 Å². The largest absolute Gasteiger partial charge is 0.508 e. The fraction of sp³-hybridized carbons (Fsp3) is 0.0556. The summed E-state index contributed by atoms with van der Waals surface area (Å²) in [6.45, 7) is 2.08. The van der Waals surface area contributed by atoms with Gasteiger partial charge in [0.15, 0.2) is 0 Å². The summed E-state index contributed by atoms with van der Waals surface area (Å²) in [6.07, 6.45) is 0. The van der Waals surface area contributed by atoms with Gasteiger partial charge in [0.05, 0.1) is 0 Å². The van der Waals surface area contributed by atoms with E-state index < -0.39 is 0 Å². The predicted molar refractivity (Wildman–Crippen MR) is 82.9 cm³/mol. The molecule has 0 heterocycles. The van der Waals surface area contributed by atoms with E-state index in [1.807, 2.05) is 12.1 Å². The predicted octanol–water partition coefficient (Wildman–Crippen LogP) is 4.77. The van der Waals surface area contributed by atoms with E-state index in [9.17, 15) is 8.78 Å². The Balaban J connectivity index is 0.000000312. The van der Waals surface area contributed by atoms with Crippen molar-refractivity contribution in [3.05, 3.63) is 90.0 Å². The van der Waals surface area contributed by atoms with Gasteiger partial charge >= 0.3 is 0 Å². The van der Waals surface area contributed by atoms with Crippen LogP contribution in [0, 0.1) is 18.6 Å². The monoisotopic (exact) mass is 393 g/mol. The molecule has 3 aromatic carbocycles. The Kier molecular flexibility index (Phi) is 10.7. The Hall–Kier alpha value is -1.87. The van der Waals surface area contributed by atoms with Crippen LogP contribution in [-0.2, 0) is 26.2 Å². The summed E-state index contributed by atoms with van der Waals surface area (Å²) in [5.74, 6) is -0.483. The zero-order valence-electron chi connectivity index (χ0n) is 12.6. The van der Waals surface area contributed by atoms with Crippen LogP contribution in [0.1, 0.15) is 5.56 Å². The molecule has 0 fully saturated rings. The molecule has 0 aromatic heterocycles. The quantitative estimate of drug-likeness (QED) is 0.539. The van der Waals surface area contributed by atoms with Gasteiger partial charge < -0.3 is 10.2 Å². The average Bonchev–Trinajstić information content (AvgIpc) is 2.98. The first-order chi connectivity index (χ1) is 10.5. The van der Waals surface area contributed by atoms with Crippen LogP contribution in [0.15, 0.2) is 72.8 Å². The summed E-state index contributed by atoms with van der Waals surface area (Å²) >= 11 is 0. The van der Waals surface area contributed by atoms with Crippen LogP contribution in [0.3, 0.4) is 0 Å². The van der Waals surface area contributed by atoms with E-state index in [2.05, 4.69) is 19.1 Å². The molecule has 0 saturated carbocycles. The fourth-order valence-electron chi connectivity index (χ4n) is 1.35. The van der Waals surface area contributed by atoms with Crippen molar-refractivity contribution < 1.29 is 45.2 Å². The van der Waals surface area contributed by atoms with Crippen LogP contribution < -0.4 is 0 Å². The molecule has 5 heteroatoms. The number of halogens is 2. The van der Waals surface area contributed by atoms with Gasteiger partial charge in [-0.05, 0) is 48.5 Å². The van der Waals surface area contributed by atoms with Crippen molar-refractivity contribution in [1.82, 2.24) is 0 Å². The molecular formula is C18H17F2O2Zr-. The topological polar surface area (TPSA) is 40.5 Å². The van der Waals surface area contributed by atoms with E-state index in [0.29, 0.717) is 0 Å². The summed E-state index contributed by atoms with van der Waals surface area (Å²) in [5.41, 5.74) is 1.34. The molecule has 0 unspecified atom stereocenters. The van der Waals surface area contributed by atoms with Crippen molar-refractivity contribution in [2.45, 2.75) is 6.92 Å². The zero-order chi connectivity index (χ0) is 16.4. The number of hydrogen-bond donors (Lipinski definition) is 2. The Morgan fingerprint density at radius 3 is 1.30 bits per heavy atom. The van der Waals surface area contributed by atoms with Crippen LogP contribution >= 0.6 is 0 Å². The Labute approximate surface area is 153 Å². The second-order valence-electron chi connectivity index (χ2n) is 4.42. The second-order valence-corrected chi connectivity index (χ2v) is 4.42. The molecule has 0 aliphatic rings. The maximum absolute atomic E-state index is 12.0. The number of rotatable bonds is 0. The maximum Gasteiger partial charge on any atom is 0.123 e. The first kappa shape index (κ1) is 21.1. The van der Waals surface area contributed by atoms with Crippen molar-refractivity contribution in [1.29, 1.82) is 0 Å². The average molecular weight is 395 g/mol. The normalized spacial score (nSPS) is 8.65. The Bertz CT molecular complexity index is 550. The zero-order valence-corrected chi connectivity index (χ0v) is 15.0. The minimum Gasteiger partial charge on any atom is -0.508 e. The summed E-state index contributed by atoms with van der Waals surface area (Å²) in [6, 6.07) is 18.3. The number of hydrogen-bond acceptors (Lipinski definition) is 2. The third-order valence-electron chi connectivity index (χ3n) is 2.48. The van der Waals surface area contributed by atoms with Crippen LogP contribution in [0.2, 0.25) is 0 Å². The minimum absolute atomic E-state index is 0. The number of phenolic OH excluding ortho intramolecular Hbond substituents is 2. The summed E-state index contributed by atoms with van der Waals surface area (Å²) in [7, 11) is 0. The molecule has 2 N–H and O–H groups in total. The standard InChI is InChI=1S/2C6H5FO.C6H7.Zr/c2*7-5-1-3-6(8)4-2-5;1-6-4-2-3-5-6;/h2*1-4,8H;2-5H,1H3;/q;;-1;. The Morgan fingerprint density at radius 2 is 1.13 bits per heavy atom. The molecule has 0 atom stereocenters. The molecule has 23 heavy (non-hydrogen) atoms. The molecule has 3 rings (SSSR count). The number of aromatic hydroxyl groups is 2. The summed E-state index contributed by atoms with van der Waals surface area (Å²) in [5, 5.41) is 17.2. The number of phenols is 2. The van der Waals surface area contributed by atoms with Gasteiger partial charge in [-0.15, -0.1) is 0 Å². The van der Waals surface area contributed by atoms with Crippen LogP contribution in [0.5, 0.6) is 11.5 Å². The fourth-order valence-corrected chi connectivity index (χ4v) is 1.35. The molecule has 120 valence electrons. The van der Waals surface area contributed by atoms with Gasteiger partial charge in [-0.1, -0.05) is 6.92 Å². The van der Waals surface area contributed by atoms with Gasteiger partial charge in [-0.2, -0.15) is 18.2 Å². The second kappa shape index (κ2) is 11.7. The first-order valence-electron chi connectivity index (χ1n) is 6.55. The van der Waals surface area contributed by atoms with E-state index in [4.69, 9.17) is 10.2 Å². The minimum atomic E-state index is -0.331. The van der Waals surface area contributed by atoms with Crippen molar-refractivity contribution >= 4 is 0 Å². The molecule has 0 spiro atoms. The van der Waals surface area contributed by atoms with Crippen molar-refractivity contribution in [3.63, 3.8) is 0 Å². The van der Waals surface area contributed by atoms with Gasteiger partial charge in [0.25, 0.3) is 0 Å². The van der Waals surface area contributed by atoms with Gasteiger partial charge in [-0.25, -0.2) is 20.4 Å². The summed E-state index contributed by atoms with van der Waals surface area (Å²) in [4.78, 5) is 0. The summed E-state index contributed by atoms with van der Waals surface area (Å²) < 4.78 is 24.0. The van der Waals surface area contributed by atoms with Gasteiger partial charge in [0.2, 0.25) is 0 Å². The Morgan fingerprint density at radius 1 is 0.739 bits per heavy atom. The van der Waals surface area contributed by atoms with Crippen molar-refractivity contribution in [3.8, 4) is 11.5 Å². The van der Waals surface area contributed by atoms with E-state index in [1.54, 1.807) is 0 Å². The SMILES string of the molecule is Cc1cc[cH-]c1.Oc1ccc(F)cc1.Oc1ccc(F)cc1.[Zr]. The maximum atomic E-state index is 12.0. The molecule has 0 bridgehead atoms. The van der Waals surface area contributed by atoms with Crippen LogP contribution in [-0.4, -0.2) is 10.2 Å². The third-order valence-corrected chi connectivity index (χ3v) is 2.48. The molecule has 0 aliphatic carbocycles. The number of aryl methyl sites for hydroxylation is 1. The number of benzene rings is 2. The van der Waals surface area contributed by atoms with Crippen LogP contribution in [0.4, 0.5) is 8.78 Å². The molecular weight excluding hydrogens is 377 g/mol. The van der Waals surface area contributed by atoms with Gasteiger partial charge in [-0.3, -0.25) is 0 Å².